The van der Waals surface area contributed by atoms with Crippen molar-refractivity contribution in [1.29, 1.82) is 0 Å². The Morgan fingerprint density at radius 3 is 2.61 bits per heavy atom. The van der Waals surface area contributed by atoms with Gasteiger partial charge in [0.25, 0.3) is 0 Å². The summed E-state index contributed by atoms with van der Waals surface area (Å²) in [5, 5.41) is 8.66. The van der Waals surface area contributed by atoms with E-state index in [0.717, 1.165) is 17.1 Å². The van der Waals surface area contributed by atoms with Gasteiger partial charge in [0.15, 0.2) is 0 Å². The van der Waals surface area contributed by atoms with E-state index in [1.54, 1.807) is 0 Å². The Kier molecular flexibility index (Phi) is 3.46. The van der Waals surface area contributed by atoms with Crippen molar-refractivity contribution < 1.29 is 9.90 Å². The number of carbonyl (C=O) groups is 1. The molecule has 0 fully saturated rings. The molecule has 0 aliphatic heterocycles. The number of benzene rings is 1. The Balaban J connectivity index is 2.23. The molecule has 94 valence electrons. The Morgan fingerprint density at radius 2 is 2.00 bits per heavy atom. The first kappa shape index (κ1) is 12.4. The third-order valence-corrected chi connectivity index (χ3v) is 2.83. The lowest BCUT2D eigenvalue weighted by Crippen LogP contribution is -1.97. The molecular weight excluding hydrogens is 228 g/mol. The van der Waals surface area contributed by atoms with Gasteiger partial charge in [0.1, 0.15) is 5.82 Å². The fourth-order valence-corrected chi connectivity index (χ4v) is 1.85. The van der Waals surface area contributed by atoms with Crippen LogP contribution in [0.25, 0.3) is 11.4 Å². The second-order valence-electron chi connectivity index (χ2n) is 4.43. The average molecular weight is 244 g/mol. The molecule has 0 spiro atoms. The summed E-state index contributed by atoms with van der Waals surface area (Å²) in [4.78, 5) is 15.0. The van der Waals surface area contributed by atoms with Crippen LogP contribution >= 0.6 is 0 Å². The van der Waals surface area contributed by atoms with E-state index in [2.05, 4.69) is 4.98 Å². The number of aliphatic carboxylic acids is 1. The predicted molar refractivity (Wildman–Crippen MR) is 69.3 cm³/mol. The molecule has 0 aliphatic rings. The molecular formula is C14H16N2O2. The van der Waals surface area contributed by atoms with Crippen LogP contribution in [-0.2, 0) is 18.3 Å². The van der Waals surface area contributed by atoms with E-state index < -0.39 is 5.97 Å². The highest BCUT2D eigenvalue weighted by Crippen LogP contribution is 2.19. The summed E-state index contributed by atoms with van der Waals surface area (Å²) in [7, 11) is 1.92. The maximum Gasteiger partial charge on any atom is 0.303 e. The largest absolute Gasteiger partial charge is 0.481 e. The summed E-state index contributed by atoms with van der Waals surface area (Å²) < 4.78 is 1.93. The van der Waals surface area contributed by atoms with Gasteiger partial charge in [0.2, 0.25) is 0 Å². The molecule has 0 atom stereocenters. The number of carboxylic acid groups (broad SMARTS) is 1. The van der Waals surface area contributed by atoms with Crippen LogP contribution in [0.3, 0.4) is 0 Å². The Bertz CT molecular complexity index is 556. The lowest BCUT2D eigenvalue weighted by atomic mass is 10.1. The van der Waals surface area contributed by atoms with E-state index in [4.69, 9.17) is 5.11 Å². The average Bonchev–Trinajstić information content (AvgIpc) is 2.69. The molecule has 0 aliphatic carbocycles. The maximum absolute atomic E-state index is 10.5. The van der Waals surface area contributed by atoms with Crippen molar-refractivity contribution in [1.82, 2.24) is 9.55 Å². The second kappa shape index (κ2) is 5.04. The number of hydrogen-bond acceptors (Lipinski definition) is 2. The van der Waals surface area contributed by atoms with Crippen LogP contribution in [-0.4, -0.2) is 20.6 Å². The minimum Gasteiger partial charge on any atom is -0.481 e. The van der Waals surface area contributed by atoms with Crippen molar-refractivity contribution in [2.45, 2.75) is 19.8 Å². The summed E-state index contributed by atoms with van der Waals surface area (Å²) in [6.07, 6.45) is 2.47. The fourth-order valence-electron chi connectivity index (χ4n) is 1.85. The summed E-state index contributed by atoms with van der Waals surface area (Å²) >= 11 is 0. The van der Waals surface area contributed by atoms with Crippen LogP contribution in [0.5, 0.6) is 0 Å². The molecule has 18 heavy (non-hydrogen) atoms. The highest BCUT2D eigenvalue weighted by atomic mass is 16.4. The molecule has 0 unspecified atom stereocenters. The number of rotatable bonds is 4. The van der Waals surface area contributed by atoms with Gasteiger partial charge in [-0.15, -0.1) is 0 Å². The van der Waals surface area contributed by atoms with Crippen LogP contribution in [0.15, 0.2) is 30.5 Å². The molecule has 4 nitrogen and oxygen atoms in total. The molecule has 1 N–H and O–H groups in total. The van der Waals surface area contributed by atoms with E-state index in [1.807, 2.05) is 49.0 Å². The molecule has 1 heterocycles. The molecule has 0 saturated heterocycles. The SMILES string of the molecule is Cc1ccc(-c2nc(CCC(=O)O)cn2C)cc1. The van der Waals surface area contributed by atoms with Crippen LogP contribution in [0.4, 0.5) is 0 Å². The first-order valence-corrected chi connectivity index (χ1v) is 5.87. The third-order valence-electron chi connectivity index (χ3n) is 2.83. The van der Waals surface area contributed by atoms with Gasteiger partial charge < -0.3 is 9.67 Å². The first-order chi connectivity index (χ1) is 8.56. The Morgan fingerprint density at radius 1 is 1.33 bits per heavy atom. The topological polar surface area (TPSA) is 55.1 Å². The summed E-state index contributed by atoms with van der Waals surface area (Å²) in [5.41, 5.74) is 3.07. The maximum atomic E-state index is 10.5. The highest BCUT2D eigenvalue weighted by molar-refractivity contribution is 5.67. The highest BCUT2D eigenvalue weighted by Gasteiger charge is 2.08. The van der Waals surface area contributed by atoms with E-state index in [9.17, 15) is 4.79 Å². The van der Waals surface area contributed by atoms with Crippen molar-refractivity contribution in [2.24, 2.45) is 7.05 Å². The molecule has 0 radical (unpaired) electrons. The van der Waals surface area contributed by atoms with Crippen molar-refractivity contribution >= 4 is 5.97 Å². The number of imidazole rings is 1. The lowest BCUT2D eigenvalue weighted by Gasteiger charge is -2.01. The van der Waals surface area contributed by atoms with Crippen molar-refractivity contribution in [3.63, 3.8) is 0 Å². The Labute approximate surface area is 106 Å². The minimum atomic E-state index is -0.794. The molecule has 0 bridgehead atoms. The predicted octanol–water partition coefficient (Wildman–Crippen LogP) is 2.41. The van der Waals surface area contributed by atoms with Crippen molar-refractivity contribution in [3.8, 4) is 11.4 Å². The van der Waals surface area contributed by atoms with Gasteiger partial charge in [-0.2, -0.15) is 0 Å². The summed E-state index contributed by atoms with van der Waals surface area (Å²) in [6.45, 7) is 2.04. The molecule has 2 aromatic rings. The van der Waals surface area contributed by atoms with E-state index >= 15 is 0 Å². The van der Waals surface area contributed by atoms with Crippen LogP contribution in [0, 0.1) is 6.92 Å². The zero-order chi connectivity index (χ0) is 13.1. The monoisotopic (exact) mass is 244 g/mol. The van der Waals surface area contributed by atoms with E-state index in [-0.39, 0.29) is 6.42 Å². The van der Waals surface area contributed by atoms with Crippen LogP contribution in [0.2, 0.25) is 0 Å². The zero-order valence-electron chi connectivity index (χ0n) is 10.6. The second-order valence-corrected chi connectivity index (χ2v) is 4.43. The van der Waals surface area contributed by atoms with Gasteiger partial charge in [-0.05, 0) is 6.92 Å². The quantitative estimate of drug-likeness (QED) is 0.898. The van der Waals surface area contributed by atoms with Crippen molar-refractivity contribution in [2.75, 3.05) is 0 Å². The smallest absolute Gasteiger partial charge is 0.303 e. The summed E-state index contributed by atoms with van der Waals surface area (Å²) in [5.74, 6) is 0.0768. The molecule has 4 heteroatoms. The molecule has 2 rings (SSSR count). The third kappa shape index (κ3) is 2.77. The van der Waals surface area contributed by atoms with Crippen LogP contribution < -0.4 is 0 Å². The van der Waals surface area contributed by atoms with Gasteiger partial charge in [0.05, 0.1) is 12.1 Å². The van der Waals surface area contributed by atoms with Gasteiger partial charge in [-0.25, -0.2) is 4.98 Å². The van der Waals surface area contributed by atoms with Gasteiger partial charge in [-0.1, -0.05) is 29.8 Å². The molecule has 1 aromatic carbocycles. The van der Waals surface area contributed by atoms with Gasteiger partial charge in [0, 0.05) is 25.2 Å². The minimum absolute atomic E-state index is 0.115. The lowest BCUT2D eigenvalue weighted by molar-refractivity contribution is -0.136. The number of carboxylic acids is 1. The van der Waals surface area contributed by atoms with E-state index in [1.165, 1.54) is 5.56 Å². The number of hydrogen-bond donors (Lipinski definition) is 1. The van der Waals surface area contributed by atoms with E-state index in [0.29, 0.717) is 6.42 Å². The fraction of sp³-hybridized carbons (Fsp3) is 0.286. The van der Waals surface area contributed by atoms with Crippen LogP contribution in [0.1, 0.15) is 17.7 Å². The standard InChI is InChI=1S/C14H16N2O2/c1-10-3-5-11(6-4-10)14-15-12(9-16(14)2)7-8-13(17)18/h3-6,9H,7-8H2,1-2H3,(H,17,18). The number of nitrogens with zero attached hydrogens (tertiary/aromatic N) is 2. The number of aromatic nitrogens is 2. The number of aryl methyl sites for hydroxylation is 3. The Hall–Kier alpha value is -2.10. The van der Waals surface area contributed by atoms with Gasteiger partial charge >= 0.3 is 5.97 Å². The van der Waals surface area contributed by atoms with Gasteiger partial charge in [-0.3, -0.25) is 4.79 Å². The summed E-state index contributed by atoms with van der Waals surface area (Å²) in [6, 6.07) is 8.14. The van der Waals surface area contributed by atoms with Crippen molar-refractivity contribution in [3.05, 3.63) is 41.7 Å². The zero-order valence-corrected chi connectivity index (χ0v) is 10.6. The first-order valence-electron chi connectivity index (χ1n) is 5.87. The molecule has 0 amide bonds. The molecule has 1 aromatic heterocycles. The normalized spacial score (nSPS) is 10.6. The molecule has 0 saturated carbocycles.